The van der Waals surface area contributed by atoms with Crippen LogP contribution in [0.4, 0.5) is 0 Å². The molecule has 0 aromatic heterocycles. The van der Waals surface area contributed by atoms with Gasteiger partial charge in [0.15, 0.2) is 0 Å². The second-order valence-electron chi connectivity index (χ2n) is 5.25. The van der Waals surface area contributed by atoms with E-state index >= 15 is 0 Å². The second kappa shape index (κ2) is 2.06. The molecule has 3 nitrogen and oxygen atoms in total. The van der Waals surface area contributed by atoms with Gasteiger partial charge in [-0.05, 0) is 26.1 Å². The molecule has 0 aliphatic carbocycles. The molecule has 6 atom stereocenters. The van der Waals surface area contributed by atoms with Gasteiger partial charge in [0.2, 0.25) is 0 Å². The van der Waals surface area contributed by atoms with Gasteiger partial charge in [-0.15, -0.1) is 0 Å². The van der Waals surface area contributed by atoms with E-state index in [1.165, 1.54) is 0 Å². The molecule has 0 radical (unpaired) electrons. The molecule has 3 rings (SSSR count). The lowest BCUT2D eigenvalue weighted by molar-refractivity contribution is 0.00557. The highest BCUT2D eigenvalue weighted by Gasteiger charge is 2.72. The van der Waals surface area contributed by atoms with Gasteiger partial charge in [-0.3, -0.25) is 4.18 Å². The zero-order valence-electron chi connectivity index (χ0n) is 8.78. The van der Waals surface area contributed by atoms with Gasteiger partial charge in [0.05, 0.1) is 20.7 Å². The van der Waals surface area contributed by atoms with Crippen molar-refractivity contribution in [3.8, 4) is 0 Å². The minimum atomic E-state index is -2.39. The van der Waals surface area contributed by atoms with Gasteiger partial charge in [0.1, 0.15) is 11.7 Å². The number of hydrogen-bond acceptors (Lipinski definition) is 3. The van der Waals surface area contributed by atoms with E-state index in [9.17, 15) is 4.21 Å². The van der Waals surface area contributed by atoms with Crippen molar-refractivity contribution >= 4 is 15.7 Å². The van der Waals surface area contributed by atoms with Gasteiger partial charge in [-0.2, -0.15) is 0 Å². The summed E-state index contributed by atoms with van der Waals surface area (Å²) in [5, 5.41) is 0.00806. The zero-order valence-corrected chi connectivity index (χ0v) is 9.60. The molecule has 3 aliphatic rings. The number of fused-ring (bicyclic) bond motifs is 1. The molecule has 3 fully saturated rings. The van der Waals surface area contributed by atoms with Crippen LogP contribution in [-0.2, 0) is 18.7 Å². The molecular weight excluding hydrogens is 200 g/mol. The first-order valence-corrected chi connectivity index (χ1v) is 6.76. The van der Waals surface area contributed by atoms with Crippen LogP contribution in [0.5, 0.6) is 0 Å². The molecule has 3 saturated heterocycles. The molecule has 4 heteroatoms. The summed E-state index contributed by atoms with van der Waals surface area (Å²) in [4.78, 5) is 0. The van der Waals surface area contributed by atoms with E-state index in [2.05, 4.69) is 19.7 Å². The first-order chi connectivity index (χ1) is 6.30. The van der Waals surface area contributed by atoms with Crippen molar-refractivity contribution in [3.05, 3.63) is 0 Å². The average molecular weight is 216 g/mol. The summed E-state index contributed by atoms with van der Waals surface area (Å²) >= 11 is 0. The van der Waals surface area contributed by atoms with E-state index < -0.39 is 9.80 Å². The quantitative estimate of drug-likeness (QED) is 0.566. The third kappa shape index (κ3) is 0.740. The van der Waals surface area contributed by atoms with Crippen LogP contribution in [0.3, 0.4) is 0 Å². The summed E-state index contributed by atoms with van der Waals surface area (Å²) in [5.41, 5.74) is -0.530. The van der Waals surface area contributed by atoms with Gasteiger partial charge in [-0.1, -0.05) is 6.92 Å². The van der Waals surface area contributed by atoms with Crippen LogP contribution in [-0.4, -0.2) is 32.6 Å². The highest BCUT2D eigenvalue weighted by molar-refractivity contribution is 7.96. The van der Waals surface area contributed by atoms with Gasteiger partial charge in [0, 0.05) is 5.92 Å². The van der Waals surface area contributed by atoms with E-state index in [4.69, 9.17) is 8.92 Å². The van der Waals surface area contributed by atoms with E-state index in [1.807, 2.05) is 6.92 Å². The van der Waals surface area contributed by atoms with E-state index in [-0.39, 0.29) is 22.6 Å². The van der Waals surface area contributed by atoms with Gasteiger partial charge in [0.25, 0.3) is 0 Å². The monoisotopic (exact) mass is 216 g/mol. The van der Waals surface area contributed by atoms with Crippen molar-refractivity contribution in [2.75, 3.05) is 0 Å². The lowest BCUT2D eigenvalue weighted by atomic mass is 9.71. The molecule has 2 bridgehead atoms. The third-order valence-electron chi connectivity index (χ3n) is 4.46. The predicted molar refractivity (Wildman–Crippen MR) is 55.6 cm³/mol. The standard InChI is InChI=1S/C10H16O3S/c1-6-9(2)5-7-8(12-9)10(6,3)13-14(7,4)11/h6-8H,4-5H2,1-3H3. The van der Waals surface area contributed by atoms with Crippen molar-refractivity contribution < 1.29 is 13.1 Å². The number of hydrogen-bond donors (Lipinski definition) is 0. The lowest BCUT2D eigenvalue weighted by Crippen LogP contribution is -2.46. The van der Waals surface area contributed by atoms with Crippen molar-refractivity contribution in [1.29, 1.82) is 0 Å². The molecule has 0 N–H and O–H groups in total. The van der Waals surface area contributed by atoms with Crippen molar-refractivity contribution in [2.24, 2.45) is 5.92 Å². The summed E-state index contributed by atoms with van der Waals surface area (Å²) < 4.78 is 23.8. The molecule has 6 unspecified atom stereocenters. The smallest absolute Gasteiger partial charge is 0.115 e. The average Bonchev–Trinajstić information content (AvgIpc) is 2.53. The van der Waals surface area contributed by atoms with Crippen molar-refractivity contribution in [2.45, 2.75) is 49.7 Å². The summed E-state index contributed by atoms with van der Waals surface area (Å²) in [6.45, 7) is 6.23. The minimum absolute atomic E-state index is 0.00694. The summed E-state index contributed by atoms with van der Waals surface area (Å²) in [6.07, 6.45) is 0.823. The molecule has 14 heavy (non-hydrogen) atoms. The Balaban J connectivity index is 2.21. The fraction of sp³-hybridized carbons (Fsp3) is 0.900. The van der Waals surface area contributed by atoms with Crippen molar-refractivity contribution in [1.82, 2.24) is 0 Å². The summed E-state index contributed by atoms with van der Waals surface area (Å²) in [7, 11) is -2.39. The van der Waals surface area contributed by atoms with Crippen LogP contribution in [0.25, 0.3) is 0 Å². The molecule has 80 valence electrons. The Labute approximate surface area is 85.0 Å². The Morgan fingerprint density at radius 3 is 2.64 bits per heavy atom. The molecule has 3 heterocycles. The molecule has 0 aromatic carbocycles. The Hall–Kier alpha value is -0.0600. The summed E-state index contributed by atoms with van der Waals surface area (Å²) in [5.74, 6) is 4.02. The van der Waals surface area contributed by atoms with Crippen molar-refractivity contribution in [3.63, 3.8) is 0 Å². The van der Waals surface area contributed by atoms with Crippen LogP contribution < -0.4 is 0 Å². The van der Waals surface area contributed by atoms with E-state index in [0.29, 0.717) is 5.92 Å². The molecule has 0 amide bonds. The van der Waals surface area contributed by atoms with Crippen LogP contribution in [0, 0.1) is 5.92 Å². The molecule has 3 aliphatic heterocycles. The Morgan fingerprint density at radius 2 is 2.14 bits per heavy atom. The van der Waals surface area contributed by atoms with Gasteiger partial charge >= 0.3 is 0 Å². The normalized spacial score (nSPS) is 70.4. The number of ether oxygens (including phenoxy) is 1. The SMILES string of the molecule is C=S1(=O)OC2(C)C3OC(C)(CC31)C2C. The maximum absolute atomic E-state index is 12.1. The highest BCUT2D eigenvalue weighted by atomic mass is 32.2. The number of rotatable bonds is 0. The van der Waals surface area contributed by atoms with Crippen LogP contribution in [0.15, 0.2) is 0 Å². The molecular formula is C10H16O3S. The van der Waals surface area contributed by atoms with E-state index in [1.54, 1.807) is 0 Å². The Bertz CT molecular complexity index is 402. The maximum atomic E-state index is 12.1. The molecule has 0 saturated carbocycles. The van der Waals surface area contributed by atoms with Crippen LogP contribution in [0.1, 0.15) is 27.2 Å². The lowest BCUT2D eigenvalue weighted by Gasteiger charge is -2.33. The molecule has 0 aromatic rings. The largest absolute Gasteiger partial charge is 0.367 e. The molecule has 0 spiro atoms. The topological polar surface area (TPSA) is 35.5 Å². The highest BCUT2D eigenvalue weighted by Crippen LogP contribution is 2.61. The van der Waals surface area contributed by atoms with Gasteiger partial charge < -0.3 is 4.74 Å². The van der Waals surface area contributed by atoms with Crippen LogP contribution >= 0.6 is 0 Å². The third-order valence-corrected chi connectivity index (χ3v) is 6.44. The van der Waals surface area contributed by atoms with Gasteiger partial charge in [-0.25, -0.2) is 4.21 Å². The Morgan fingerprint density at radius 1 is 1.50 bits per heavy atom. The zero-order chi connectivity index (χ0) is 10.4. The Kier molecular flexibility index (Phi) is 1.35. The first kappa shape index (κ1) is 9.19. The maximum Gasteiger partial charge on any atom is 0.115 e. The second-order valence-corrected chi connectivity index (χ2v) is 7.34. The predicted octanol–water partition coefficient (Wildman–Crippen LogP) is 0.973. The van der Waals surface area contributed by atoms with E-state index in [0.717, 1.165) is 6.42 Å². The minimum Gasteiger partial charge on any atom is -0.367 e. The summed E-state index contributed by atoms with van der Waals surface area (Å²) in [6, 6.07) is 0. The fourth-order valence-electron chi connectivity index (χ4n) is 3.34. The van der Waals surface area contributed by atoms with Crippen LogP contribution in [0.2, 0.25) is 0 Å². The first-order valence-electron chi connectivity index (χ1n) is 5.04. The fourth-order valence-corrected chi connectivity index (χ4v) is 5.60.